The van der Waals surface area contributed by atoms with Crippen LogP contribution in [0.5, 0.6) is 5.75 Å². The van der Waals surface area contributed by atoms with Crippen molar-refractivity contribution in [2.45, 2.75) is 26.2 Å². The molecule has 6 nitrogen and oxygen atoms in total. The first-order chi connectivity index (χ1) is 10.1. The van der Waals surface area contributed by atoms with Crippen molar-refractivity contribution < 1.29 is 13.9 Å². The lowest BCUT2D eigenvalue weighted by Gasteiger charge is -2.08. The number of hydrogen-bond acceptors (Lipinski definition) is 5. The van der Waals surface area contributed by atoms with E-state index in [-0.39, 0.29) is 17.7 Å². The Morgan fingerprint density at radius 3 is 2.76 bits per heavy atom. The second-order valence-corrected chi connectivity index (χ2v) is 4.92. The van der Waals surface area contributed by atoms with Crippen LogP contribution < -0.4 is 10.1 Å². The third-order valence-corrected chi connectivity index (χ3v) is 3.00. The second kappa shape index (κ2) is 6.88. The van der Waals surface area contributed by atoms with Gasteiger partial charge in [0.2, 0.25) is 5.89 Å². The molecule has 0 radical (unpaired) electrons. The molecular weight excluding hydrogens is 270 g/mol. The van der Waals surface area contributed by atoms with Crippen molar-refractivity contribution in [2.24, 2.45) is 0 Å². The monoisotopic (exact) mass is 289 g/mol. The van der Waals surface area contributed by atoms with E-state index in [9.17, 15) is 4.79 Å². The molecule has 2 aromatic rings. The number of amides is 1. The summed E-state index contributed by atoms with van der Waals surface area (Å²) in [5.74, 6) is 1.02. The van der Waals surface area contributed by atoms with E-state index in [2.05, 4.69) is 15.5 Å². The van der Waals surface area contributed by atoms with Crippen molar-refractivity contribution in [2.75, 3.05) is 13.7 Å². The van der Waals surface area contributed by atoms with Gasteiger partial charge in [-0.05, 0) is 18.1 Å². The van der Waals surface area contributed by atoms with Gasteiger partial charge in [0.15, 0.2) is 0 Å². The number of carbonyl (C=O) groups excluding carboxylic acids is 1. The predicted octanol–water partition coefficient (Wildman–Crippen LogP) is 2.17. The Labute approximate surface area is 123 Å². The minimum atomic E-state index is -0.357. The van der Waals surface area contributed by atoms with Gasteiger partial charge in [-0.15, -0.1) is 10.2 Å². The highest BCUT2D eigenvalue weighted by Crippen LogP contribution is 2.17. The number of nitrogens with zero attached hydrogens (tertiary/aromatic N) is 2. The van der Waals surface area contributed by atoms with E-state index in [0.29, 0.717) is 18.9 Å². The molecule has 112 valence electrons. The van der Waals surface area contributed by atoms with E-state index in [1.165, 1.54) is 0 Å². The summed E-state index contributed by atoms with van der Waals surface area (Å²) in [7, 11) is 1.63. The first-order valence-electron chi connectivity index (χ1n) is 6.85. The summed E-state index contributed by atoms with van der Waals surface area (Å²) in [6.07, 6.45) is 0.668. The van der Waals surface area contributed by atoms with Gasteiger partial charge >= 0.3 is 11.8 Å². The molecule has 0 saturated heterocycles. The maximum absolute atomic E-state index is 11.9. The molecule has 1 amide bonds. The molecule has 0 saturated carbocycles. The Morgan fingerprint density at radius 2 is 2.10 bits per heavy atom. The number of ether oxygens (including phenoxy) is 1. The van der Waals surface area contributed by atoms with Gasteiger partial charge in [0.1, 0.15) is 5.75 Å². The molecule has 0 atom stereocenters. The first-order valence-corrected chi connectivity index (χ1v) is 6.85. The highest BCUT2D eigenvalue weighted by molar-refractivity contribution is 5.89. The maximum atomic E-state index is 11.9. The Hall–Kier alpha value is -2.37. The average molecular weight is 289 g/mol. The van der Waals surface area contributed by atoms with E-state index < -0.39 is 0 Å². The van der Waals surface area contributed by atoms with Gasteiger partial charge < -0.3 is 14.5 Å². The standard InChI is InChI=1S/C15H19N3O3/c1-10(2)14-17-18-15(21-14)13(19)16-9-8-11-6-4-5-7-12(11)20-3/h4-7,10H,8-9H2,1-3H3,(H,16,19). The largest absolute Gasteiger partial charge is 0.496 e. The van der Waals surface area contributed by atoms with Gasteiger partial charge in [-0.3, -0.25) is 4.79 Å². The van der Waals surface area contributed by atoms with Crippen molar-refractivity contribution >= 4 is 5.91 Å². The number of hydrogen-bond donors (Lipinski definition) is 1. The van der Waals surface area contributed by atoms with Gasteiger partial charge in [0, 0.05) is 12.5 Å². The van der Waals surface area contributed by atoms with Gasteiger partial charge in [0.25, 0.3) is 0 Å². The molecule has 0 fully saturated rings. The fourth-order valence-electron chi connectivity index (χ4n) is 1.86. The molecule has 1 aromatic heterocycles. The summed E-state index contributed by atoms with van der Waals surface area (Å²) in [5, 5.41) is 10.3. The van der Waals surface area contributed by atoms with Crippen molar-refractivity contribution in [1.29, 1.82) is 0 Å². The minimum Gasteiger partial charge on any atom is -0.496 e. The van der Waals surface area contributed by atoms with Gasteiger partial charge in [-0.1, -0.05) is 32.0 Å². The molecule has 0 unspecified atom stereocenters. The van der Waals surface area contributed by atoms with Crippen LogP contribution in [0, 0.1) is 0 Å². The number of methoxy groups -OCH3 is 1. The summed E-state index contributed by atoms with van der Waals surface area (Å²) in [5.41, 5.74) is 1.04. The lowest BCUT2D eigenvalue weighted by molar-refractivity contribution is 0.0917. The summed E-state index contributed by atoms with van der Waals surface area (Å²) < 4.78 is 10.6. The zero-order valence-corrected chi connectivity index (χ0v) is 12.4. The van der Waals surface area contributed by atoms with Crippen molar-refractivity contribution in [3.05, 3.63) is 41.6 Å². The lowest BCUT2D eigenvalue weighted by Crippen LogP contribution is -2.26. The fraction of sp³-hybridized carbons (Fsp3) is 0.400. The summed E-state index contributed by atoms with van der Waals surface area (Å²) >= 11 is 0. The van der Waals surface area contributed by atoms with Crippen molar-refractivity contribution in [3.63, 3.8) is 0 Å². The molecule has 0 spiro atoms. The Balaban J connectivity index is 1.89. The number of carbonyl (C=O) groups is 1. The van der Waals surface area contributed by atoms with Crippen LogP contribution >= 0.6 is 0 Å². The molecule has 0 aliphatic heterocycles. The molecule has 1 aromatic carbocycles. The highest BCUT2D eigenvalue weighted by atomic mass is 16.5. The Kier molecular flexibility index (Phi) is 4.92. The number of rotatable bonds is 6. The highest BCUT2D eigenvalue weighted by Gasteiger charge is 2.16. The van der Waals surface area contributed by atoms with Crippen LogP contribution in [0.1, 0.15) is 41.9 Å². The third-order valence-electron chi connectivity index (χ3n) is 3.00. The first kappa shape index (κ1) is 15.0. The van der Waals surface area contributed by atoms with Gasteiger partial charge in [-0.2, -0.15) is 0 Å². The zero-order valence-electron chi connectivity index (χ0n) is 12.4. The van der Waals surface area contributed by atoms with E-state index in [4.69, 9.17) is 9.15 Å². The fourth-order valence-corrected chi connectivity index (χ4v) is 1.86. The van der Waals surface area contributed by atoms with E-state index in [1.807, 2.05) is 38.1 Å². The van der Waals surface area contributed by atoms with E-state index in [0.717, 1.165) is 11.3 Å². The van der Waals surface area contributed by atoms with Gasteiger partial charge in [-0.25, -0.2) is 0 Å². The smallest absolute Gasteiger partial charge is 0.308 e. The summed E-state index contributed by atoms with van der Waals surface area (Å²) in [6.45, 7) is 4.33. The summed E-state index contributed by atoms with van der Waals surface area (Å²) in [4.78, 5) is 11.9. The van der Waals surface area contributed by atoms with Crippen LogP contribution in [-0.2, 0) is 6.42 Å². The van der Waals surface area contributed by atoms with Crippen LogP contribution in [0.2, 0.25) is 0 Å². The molecule has 0 bridgehead atoms. The Morgan fingerprint density at radius 1 is 1.33 bits per heavy atom. The van der Waals surface area contributed by atoms with E-state index >= 15 is 0 Å². The normalized spacial score (nSPS) is 10.7. The SMILES string of the molecule is COc1ccccc1CCNC(=O)c1nnc(C(C)C)o1. The third kappa shape index (κ3) is 3.81. The lowest BCUT2D eigenvalue weighted by atomic mass is 10.1. The molecule has 0 aliphatic carbocycles. The predicted molar refractivity (Wildman–Crippen MR) is 77.4 cm³/mol. The minimum absolute atomic E-state index is 0.00118. The molecule has 0 aliphatic rings. The number of nitrogens with one attached hydrogen (secondary N) is 1. The number of aromatic nitrogens is 2. The molecule has 1 heterocycles. The van der Waals surface area contributed by atoms with Crippen LogP contribution in [0.25, 0.3) is 0 Å². The number of para-hydroxylation sites is 1. The van der Waals surface area contributed by atoms with Crippen molar-refractivity contribution in [3.8, 4) is 5.75 Å². The number of benzene rings is 1. The second-order valence-electron chi connectivity index (χ2n) is 4.92. The quantitative estimate of drug-likeness (QED) is 0.882. The average Bonchev–Trinajstić information content (AvgIpc) is 2.98. The molecule has 21 heavy (non-hydrogen) atoms. The van der Waals surface area contributed by atoms with Crippen LogP contribution in [0.15, 0.2) is 28.7 Å². The van der Waals surface area contributed by atoms with E-state index in [1.54, 1.807) is 7.11 Å². The van der Waals surface area contributed by atoms with Crippen LogP contribution in [-0.4, -0.2) is 29.8 Å². The summed E-state index contributed by atoms with van der Waals surface area (Å²) in [6, 6.07) is 7.71. The Bertz CT molecular complexity index is 608. The topological polar surface area (TPSA) is 77.2 Å². The molecule has 1 N–H and O–H groups in total. The molecule has 2 rings (SSSR count). The van der Waals surface area contributed by atoms with Gasteiger partial charge in [0.05, 0.1) is 7.11 Å². The molecule has 6 heteroatoms. The van der Waals surface area contributed by atoms with Crippen LogP contribution in [0.3, 0.4) is 0 Å². The zero-order chi connectivity index (χ0) is 15.2. The van der Waals surface area contributed by atoms with Crippen LogP contribution in [0.4, 0.5) is 0 Å². The molecular formula is C15H19N3O3. The maximum Gasteiger partial charge on any atom is 0.308 e. The van der Waals surface area contributed by atoms with Crippen molar-refractivity contribution in [1.82, 2.24) is 15.5 Å².